The van der Waals surface area contributed by atoms with Gasteiger partial charge in [-0.1, -0.05) is 60.9 Å². The van der Waals surface area contributed by atoms with Gasteiger partial charge >= 0.3 is 0 Å². The number of tetrazole rings is 1. The van der Waals surface area contributed by atoms with Crippen molar-refractivity contribution in [2.75, 3.05) is 11.9 Å². The van der Waals surface area contributed by atoms with Gasteiger partial charge in [-0.3, -0.25) is 0 Å². The fraction of sp³-hybridized carbons (Fsp3) is 0.357. The highest BCUT2D eigenvalue weighted by atomic mass is 15.6. The Morgan fingerprint density at radius 3 is 2.89 bits per heavy atom. The van der Waals surface area contributed by atoms with Gasteiger partial charge in [0.05, 0.1) is 0 Å². The van der Waals surface area contributed by atoms with Crippen molar-refractivity contribution < 1.29 is 0 Å². The van der Waals surface area contributed by atoms with Gasteiger partial charge in [-0.25, -0.2) is 4.68 Å². The molecule has 5 nitrogen and oxygen atoms in total. The standard InChI is InChI=1S/C14H19N5/c1-2-3-12-19-14(16-17-18-19)15-11-7-10-13-8-5-4-6-9-13/h4-10H,2-3,11-12H2,1H3,(H,15,16,18)/b10-7-. The molecule has 1 heterocycles. The maximum Gasteiger partial charge on any atom is 0.243 e. The zero-order valence-corrected chi connectivity index (χ0v) is 11.2. The Morgan fingerprint density at radius 1 is 1.26 bits per heavy atom. The molecule has 1 aromatic heterocycles. The van der Waals surface area contributed by atoms with E-state index >= 15 is 0 Å². The molecule has 19 heavy (non-hydrogen) atoms. The van der Waals surface area contributed by atoms with E-state index in [4.69, 9.17) is 0 Å². The summed E-state index contributed by atoms with van der Waals surface area (Å²) >= 11 is 0. The number of hydrogen-bond donors (Lipinski definition) is 1. The second-order valence-electron chi connectivity index (χ2n) is 4.27. The summed E-state index contributed by atoms with van der Waals surface area (Å²) in [4.78, 5) is 0. The third-order valence-corrected chi connectivity index (χ3v) is 2.74. The number of unbranched alkanes of at least 4 members (excludes halogenated alkanes) is 1. The number of aromatic nitrogens is 4. The highest BCUT2D eigenvalue weighted by Gasteiger charge is 2.02. The Hall–Kier alpha value is -2.17. The fourth-order valence-electron chi connectivity index (χ4n) is 1.70. The largest absolute Gasteiger partial charge is 0.350 e. The number of nitrogens with one attached hydrogen (secondary N) is 1. The molecule has 0 atom stereocenters. The zero-order chi connectivity index (χ0) is 13.3. The molecule has 0 radical (unpaired) electrons. The Balaban J connectivity index is 1.82. The predicted octanol–water partition coefficient (Wildman–Crippen LogP) is 2.60. The van der Waals surface area contributed by atoms with E-state index in [1.165, 1.54) is 5.56 Å². The number of anilines is 1. The lowest BCUT2D eigenvalue weighted by Gasteiger charge is -2.03. The van der Waals surface area contributed by atoms with Crippen LogP contribution in [0.5, 0.6) is 0 Å². The van der Waals surface area contributed by atoms with E-state index in [0.29, 0.717) is 6.54 Å². The van der Waals surface area contributed by atoms with Gasteiger partial charge in [0.25, 0.3) is 0 Å². The minimum atomic E-state index is 0.710. The molecule has 0 aliphatic carbocycles. The molecule has 0 bridgehead atoms. The van der Waals surface area contributed by atoms with E-state index in [1.807, 2.05) is 18.2 Å². The minimum Gasteiger partial charge on any atom is -0.350 e. The normalized spacial score (nSPS) is 11.0. The van der Waals surface area contributed by atoms with Crippen molar-refractivity contribution in [3.63, 3.8) is 0 Å². The maximum atomic E-state index is 3.97. The van der Waals surface area contributed by atoms with Crippen molar-refractivity contribution >= 4 is 12.0 Å². The van der Waals surface area contributed by atoms with Crippen LogP contribution >= 0.6 is 0 Å². The van der Waals surface area contributed by atoms with E-state index in [0.717, 1.165) is 25.3 Å². The van der Waals surface area contributed by atoms with Gasteiger partial charge in [0.2, 0.25) is 5.95 Å². The van der Waals surface area contributed by atoms with Crippen LogP contribution in [0.3, 0.4) is 0 Å². The summed E-state index contributed by atoms with van der Waals surface area (Å²) in [5.41, 5.74) is 1.19. The van der Waals surface area contributed by atoms with Crippen LogP contribution in [0, 0.1) is 0 Å². The third kappa shape index (κ3) is 4.21. The molecular formula is C14H19N5. The van der Waals surface area contributed by atoms with Crippen LogP contribution in [0.1, 0.15) is 25.3 Å². The highest BCUT2D eigenvalue weighted by Crippen LogP contribution is 2.03. The molecule has 1 aromatic carbocycles. The van der Waals surface area contributed by atoms with E-state index in [9.17, 15) is 0 Å². The number of hydrogen-bond acceptors (Lipinski definition) is 4. The lowest BCUT2D eigenvalue weighted by atomic mass is 10.2. The average Bonchev–Trinajstić information content (AvgIpc) is 2.90. The molecule has 0 unspecified atom stereocenters. The Morgan fingerprint density at radius 2 is 2.11 bits per heavy atom. The highest BCUT2D eigenvalue weighted by molar-refractivity contribution is 5.49. The topological polar surface area (TPSA) is 55.6 Å². The van der Waals surface area contributed by atoms with Crippen molar-refractivity contribution in [1.82, 2.24) is 20.2 Å². The Kier molecular flexibility index (Phi) is 5.10. The summed E-state index contributed by atoms with van der Waals surface area (Å²) < 4.78 is 1.81. The molecule has 0 amide bonds. The number of nitrogens with zero attached hydrogens (tertiary/aromatic N) is 4. The summed E-state index contributed by atoms with van der Waals surface area (Å²) in [7, 11) is 0. The van der Waals surface area contributed by atoms with Gasteiger partial charge in [0, 0.05) is 13.1 Å². The predicted molar refractivity (Wildman–Crippen MR) is 76.7 cm³/mol. The zero-order valence-electron chi connectivity index (χ0n) is 11.2. The second kappa shape index (κ2) is 7.31. The molecule has 0 aliphatic rings. The van der Waals surface area contributed by atoms with E-state index in [1.54, 1.807) is 4.68 Å². The molecule has 0 spiro atoms. The molecule has 0 saturated carbocycles. The van der Waals surface area contributed by atoms with E-state index < -0.39 is 0 Å². The van der Waals surface area contributed by atoms with Crippen LogP contribution in [0.2, 0.25) is 0 Å². The van der Waals surface area contributed by atoms with Crippen LogP contribution in [-0.2, 0) is 6.54 Å². The molecular weight excluding hydrogens is 238 g/mol. The van der Waals surface area contributed by atoms with Crippen molar-refractivity contribution in [2.24, 2.45) is 0 Å². The van der Waals surface area contributed by atoms with Gasteiger partial charge in [0.1, 0.15) is 0 Å². The summed E-state index contributed by atoms with van der Waals surface area (Å²) in [6, 6.07) is 10.2. The molecule has 100 valence electrons. The molecule has 0 saturated heterocycles. The van der Waals surface area contributed by atoms with Gasteiger partial charge in [-0.05, 0) is 22.4 Å². The molecule has 5 heteroatoms. The number of benzene rings is 1. The fourth-order valence-corrected chi connectivity index (χ4v) is 1.70. The van der Waals surface area contributed by atoms with Gasteiger partial charge in [-0.2, -0.15) is 0 Å². The maximum absolute atomic E-state index is 3.97. The van der Waals surface area contributed by atoms with Crippen molar-refractivity contribution in [1.29, 1.82) is 0 Å². The monoisotopic (exact) mass is 257 g/mol. The van der Waals surface area contributed by atoms with Crippen LogP contribution in [-0.4, -0.2) is 26.8 Å². The molecule has 2 aromatic rings. The first-order chi connectivity index (χ1) is 9.40. The molecule has 0 aliphatic heterocycles. The first-order valence-electron chi connectivity index (χ1n) is 6.62. The summed E-state index contributed by atoms with van der Waals surface area (Å²) in [6.45, 7) is 3.72. The number of aryl methyl sites for hydroxylation is 1. The molecule has 0 fully saturated rings. The SMILES string of the molecule is CCCCn1nnnc1NC/C=C\c1ccccc1. The van der Waals surface area contributed by atoms with E-state index in [2.05, 4.69) is 52.1 Å². The summed E-state index contributed by atoms with van der Waals surface area (Å²) in [5.74, 6) is 0.728. The Labute approximate surface area is 113 Å². The Bertz CT molecular complexity index is 504. The quantitative estimate of drug-likeness (QED) is 0.828. The molecule has 2 rings (SSSR count). The summed E-state index contributed by atoms with van der Waals surface area (Å²) in [6.07, 6.45) is 6.36. The first-order valence-corrected chi connectivity index (χ1v) is 6.62. The van der Waals surface area contributed by atoms with Gasteiger partial charge in [0.15, 0.2) is 0 Å². The summed E-state index contributed by atoms with van der Waals surface area (Å²) in [5, 5.41) is 14.8. The van der Waals surface area contributed by atoms with Crippen LogP contribution in [0.15, 0.2) is 36.4 Å². The first kappa shape index (κ1) is 13.3. The van der Waals surface area contributed by atoms with Gasteiger partial charge in [-0.15, -0.1) is 0 Å². The number of rotatable bonds is 7. The molecule has 1 N–H and O–H groups in total. The van der Waals surface area contributed by atoms with Crippen LogP contribution in [0.4, 0.5) is 5.95 Å². The lowest BCUT2D eigenvalue weighted by molar-refractivity contribution is 0.557. The smallest absolute Gasteiger partial charge is 0.243 e. The van der Waals surface area contributed by atoms with Crippen molar-refractivity contribution in [3.8, 4) is 0 Å². The lowest BCUT2D eigenvalue weighted by Crippen LogP contribution is -2.09. The van der Waals surface area contributed by atoms with Crippen LogP contribution in [0.25, 0.3) is 6.08 Å². The second-order valence-corrected chi connectivity index (χ2v) is 4.27. The van der Waals surface area contributed by atoms with Crippen molar-refractivity contribution in [2.45, 2.75) is 26.3 Å². The minimum absolute atomic E-state index is 0.710. The third-order valence-electron chi connectivity index (χ3n) is 2.74. The van der Waals surface area contributed by atoms with Crippen LogP contribution < -0.4 is 5.32 Å². The van der Waals surface area contributed by atoms with Gasteiger partial charge < -0.3 is 5.32 Å². The van der Waals surface area contributed by atoms with E-state index in [-0.39, 0.29) is 0 Å². The average molecular weight is 257 g/mol. The van der Waals surface area contributed by atoms with Crippen molar-refractivity contribution in [3.05, 3.63) is 42.0 Å².